The van der Waals surface area contributed by atoms with Gasteiger partial charge in [-0.05, 0) is 25.7 Å². The van der Waals surface area contributed by atoms with E-state index in [0.717, 1.165) is 56.9 Å². The number of aryl methyl sites for hydroxylation is 1. The number of nitrogens with one attached hydrogen (secondary N) is 1. The average molecular weight is 279 g/mol. The summed E-state index contributed by atoms with van der Waals surface area (Å²) < 4.78 is 11.3. The van der Waals surface area contributed by atoms with E-state index < -0.39 is 0 Å². The van der Waals surface area contributed by atoms with Gasteiger partial charge < -0.3 is 14.8 Å². The van der Waals surface area contributed by atoms with Gasteiger partial charge in [0, 0.05) is 25.6 Å². The lowest BCUT2D eigenvalue weighted by molar-refractivity contribution is 0.0662. The normalized spacial score (nSPS) is 18.2. The molecular formula is C15H25N3O2. The van der Waals surface area contributed by atoms with Crippen LogP contribution in [0.25, 0.3) is 0 Å². The summed E-state index contributed by atoms with van der Waals surface area (Å²) in [6.07, 6.45) is 5.39. The van der Waals surface area contributed by atoms with Gasteiger partial charge in [0.05, 0.1) is 6.10 Å². The molecule has 1 aliphatic heterocycles. The Labute approximate surface area is 121 Å². The van der Waals surface area contributed by atoms with E-state index in [4.69, 9.17) is 9.47 Å². The van der Waals surface area contributed by atoms with E-state index >= 15 is 0 Å². The molecule has 0 spiro atoms. The molecule has 1 unspecified atom stereocenters. The summed E-state index contributed by atoms with van der Waals surface area (Å²) in [5.41, 5.74) is 0. The smallest absolute Gasteiger partial charge is 0.218 e. The second-order valence-electron chi connectivity index (χ2n) is 5.13. The molecule has 20 heavy (non-hydrogen) atoms. The lowest BCUT2D eigenvalue weighted by Crippen LogP contribution is -2.17. The molecule has 0 radical (unpaired) electrons. The third-order valence-electron chi connectivity index (χ3n) is 3.22. The first-order chi connectivity index (χ1) is 9.81. The highest BCUT2D eigenvalue weighted by Gasteiger charge is 2.16. The number of anilines is 1. The summed E-state index contributed by atoms with van der Waals surface area (Å²) in [7, 11) is 0. The highest BCUT2D eigenvalue weighted by molar-refractivity contribution is 5.38. The van der Waals surface area contributed by atoms with Crippen LogP contribution in [0.2, 0.25) is 0 Å². The highest BCUT2D eigenvalue weighted by atomic mass is 16.5. The zero-order chi connectivity index (χ0) is 14.2. The maximum Gasteiger partial charge on any atom is 0.218 e. The van der Waals surface area contributed by atoms with Crippen LogP contribution in [0.4, 0.5) is 5.82 Å². The maximum absolute atomic E-state index is 5.78. The molecular weight excluding hydrogens is 254 g/mol. The number of rotatable bonds is 8. The van der Waals surface area contributed by atoms with Gasteiger partial charge in [0.1, 0.15) is 18.2 Å². The van der Waals surface area contributed by atoms with Gasteiger partial charge in [0.15, 0.2) is 0 Å². The predicted molar refractivity (Wildman–Crippen MR) is 79.3 cm³/mol. The monoisotopic (exact) mass is 279 g/mol. The minimum Gasteiger partial charge on any atom is -0.475 e. The van der Waals surface area contributed by atoms with Crippen molar-refractivity contribution in [3.63, 3.8) is 0 Å². The third-order valence-corrected chi connectivity index (χ3v) is 3.22. The Morgan fingerprint density at radius 1 is 1.35 bits per heavy atom. The lowest BCUT2D eigenvalue weighted by atomic mass is 10.2. The number of hydrogen-bond acceptors (Lipinski definition) is 5. The second-order valence-corrected chi connectivity index (χ2v) is 5.13. The van der Waals surface area contributed by atoms with Crippen LogP contribution in [0.15, 0.2) is 6.07 Å². The van der Waals surface area contributed by atoms with Crippen molar-refractivity contribution in [2.75, 3.05) is 25.1 Å². The molecule has 0 amide bonds. The van der Waals surface area contributed by atoms with E-state index in [9.17, 15) is 0 Å². The fraction of sp³-hybridized carbons (Fsp3) is 0.733. The molecule has 5 nitrogen and oxygen atoms in total. The van der Waals surface area contributed by atoms with Crippen LogP contribution in [0.5, 0.6) is 5.88 Å². The number of aromatic nitrogens is 2. The van der Waals surface area contributed by atoms with E-state index in [0.29, 0.717) is 12.5 Å². The maximum atomic E-state index is 5.78. The van der Waals surface area contributed by atoms with Crippen molar-refractivity contribution in [3.05, 3.63) is 11.9 Å². The molecule has 1 saturated heterocycles. The van der Waals surface area contributed by atoms with E-state index in [1.807, 2.05) is 6.07 Å². The summed E-state index contributed by atoms with van der Waals surface area (Å²) in [6.45, 7) is 6.60. The summed E-state index contributed by atoms with van der Waals surface area (Å²) in [5, 5.41) is 3.30. The summed E-state index contributed by atoms with van der Waals surface area (Å²) >= 11 is 0. The molecule has 1 N–H and O–H groups in total. The minimum absolute atomic E-state index is 0.214. The van der Waals surface area contributed by atoms with E-state index in [2.05, 4.69) is 29.1 Å². The molecule has 2 heterocycles. The van der Waals surface area contributed by atoms with Crippen LogP contribution in [-0.2, 0) is 11.2 Å². The van der Waals surface area contributed by atoms with Crippen LogP contribution in [0.3, 0.4) is 0 Å². The summed E-state index contributed by atoms with van der Waals surface area (Å²) in [6, 6.07) is 1.88. The Morgan fingerprint density at radius 2 is 2.25 bits per heavy atom. The van der Waals surface area contributed by atoms with E-state index in [1.54, 1.807) is 0 Å². The van der Waals surface area contributed by atoms with Gasteiger partial charge in [0.2, 0.25) is 5.88 Å². The van der Waals surface area contributed by atoms with Crippen molar-refractivity contribution in [2.45, 2.75) is 52.1 Å². The first kappa shape index (κ1) is 15.0. The van der Waals surface area contributed by atoms with Gasteiger partial charge >= 0.3 is 0 Å². The van der Waals surface area contributed by atoms with Crippen molar-refractivity contribution in [2.24, 2.45) is 0 Å². The Bertz CT molecular complexity index is 406. The molecule has 1 fully saturated rings. The largest absolute Gasteiger partial charge is 0.475 e. The van der Waals surface area contributed by atoms with Crippen LogP contribution in [0, 0.1) is 0 Å². The van der Waals surface area contributed by atoms with Gasteiger partial charge in [-0.1, -0.05) is 13.8 Å². The summed E-state index contributed by atoms with van der Waals surface area (Å²) in [5.74, 6) is 2.35. The van der Waals surface area contributed by atoms with Crippen molar-refractivity contribution in [1.82, 2.24) is 9.97 Å². The van der Waals surface area contributed by atoms with Crippen molar-refractivity contribution in [1.29, 1.82) is 0 Å². The average Bonchev–Trinajstić information content (AvgIpc) is 2.96. The summed E-state index contributed by atoms with van der Waals surface area (Å²) in [4.78, 5) is 8.97. The fourth-order valence-electron chi connectivity index (χ4n) is 2.18. The fourth-order valence-corrected chi connectivity index (χ4v) is 2.18. The molecule has 0 aliphatic carbocycles. The van der Waals surface area contributed by atoms with Crippen LogP contribution >= 0.6 is 0 Å². The molecule has 1 aromatic heterocycles. The molecule has 1 atom stereocenters. The van der Waals surface area contributed by atoms with Gasteiger partial charge in [-0.15, -0.1) is 0 Å². The Kier molecular flexibility index (Phi) is 6.05. The molecule has 5 heteroatoms. The molecule has 1 aliphatic rings. The van der Waals surface area contributed by atoms with Gasteiger partial charge in [-0.2, -0.15) is 4.98 Å². The zero-order valence-corrected chi connectivity index (χ0v) is 12.5. The molecule has 0 bridgehead atoms. The van der Waals surface area contributed by atoms with Crippen LogP contribution in [0.1, 0.15) is 45.4 Å². The standard InChI is InChI=1S/C15H25N3O2/c1-3-6-13-17-14(16-8-4-2)10-15(18-13)20-11-12-7-5-9-19-12/h10,12H,3-9,11H2,1-2H3,(H,16,17,18). The molecule has 1 aromatic rings. The van der Waals surface area contributed by atoms with E-state index in [-0.39, 0.29) is 6.10 Å². The number of hydrogen-bond donors (Lipinski definition) is 1. The minimum atomic E-state index is 0.214. The van der Waals surface area contributed by atoms with Crippen LogP contribution in [-0.4, -0.2) is 35.8 Å². The first-order valence-electron chi connectivity index (χ1n) is 7.68. The Morgan fingerprint density at radius 3 is 2.95 bits per heavy atom. The second kappa shape index (κ2) is 8.04. The van der Waals surface area contributed by atoms with Gasteiger partial charge in [-0.3, -0.25) is 0 Å². The van der Waals surface area contributed by atoms with Crippen molar-refractivity contribution < 1.29 is 9.47 Å². The van der Waals surface area contributed by atoms with Crippen LogP contribution < -0.4 is 10.1 Å². The third kappa shape index (κ3) is 4.63. The van der Waals surface area contributed by atoms with E-state index in [1.165, 1.54) is 0 Å². The molecule has 2 rings (SSSR count). The topological polar surface area (TPSA) is 56.3 Å². The van der Waals surface area contributed by atoms with Gasteiger partial charge in [0.25, 0.3) is 0 Å². The molecule has 0 aromatic carbocycles. The SMILES string of the molecule is CCCNc1cc(OCC2CCCO2)nc(CCC)n1. The number of ether oxygens (including phenoxy) is 2. The number of nitrogens with zero attached hydrogens (tertiary/aromatic N) is 2. The molecule has 112 valence electrons. The zero-order valence-electron chi connectivity index (χ0n) is 12.5. The van der Waals surface area contributed by atoms with Crippen molar-refractivity contribution in [3.8, 4) is 5.88 Å². The van der Waals surface area contributed by atoms with Gasteiger partial charge in [-0.25, -0.2) is 4.98 Å². The quantitative estimate of drug-likeness (QED) is 0.793. The highest BCUT2D eigenvalue weighted by Crippen LogP contribution is 2.17. The Balaban J connectivity index is 1.98. The lowest BCUT2D eigenvalue weighted by Gasteiger charge is -2.13. The Hall–Kier alpha value is -1.36. The first-order valence-corrected chi connectivity index (χ1v) is 7.68. The molecule has 0 saturated carbocycles. The predicted octanol–water partition coefficient (Wildman–Crippen LogP) is 2.81. The van der Waals surface area contributed by atoms with Crippen molar-refractivity contribution >= 4 is 5.82 Å².